The molecule has 0 bridgehead atoms. The standard InChI is InChI=1S/C27H22N4O2/c1-17-23(15-29)26(25(18(2)31-17)27(32)33-13-7-12-28)21-10-6-11-24-22(21)14-20(16-30-24)19-8-4-3-5-9-19/h3-6,8-11,14,16,26,31H,7,13H2,1-2H3. The number of benzene rings is 2. The summed E-state index contributed by atoms with van der Waals surface area (Å²) in [7, 11) is 0. The largest absolute Gasteiger partial charge is 0.461 e. The molecule has 1 aliphatic heterocycles. The summed E-state index contributed by atoms with van der Waals surface area (Å²) in [6.07, 6.45) is 1.93. The highest BCUT2D eigenvalue weighted by Crippen LogP contribution is 2.41. The fourth-order valence-electron chi connectivity index (χ4n) is 4.20. The first kappa shape index (κ1) is 21.8. The second kappa shape index (κ2) is 9.38. The van der Waals surface area contributed by atoms with Gasteiger partial charge in [0.1, 0.15) is 6.61 Å². The molecule has 6 heteroatoms. The summed E-state index contributed by atoms with van der Waals surface area (Å²) in [5.74, 6) is -1.15. The maximum atomic E-state index is 13.1. The number of esters is 1. The van der Waals surface area contributed by atoms with Crippen LogP contribution in [0.15, 0.2) is 83.3 Å². The summed E-state index contributed by atoms with van der Waals surface area (Å²) in [5.41, 5.74) is 5.69. The van der Waals surface area contributed by atoms with E-state index < -0.39 is 11.9 Å². The fraction of sp³-hybridized carbons (Fsp3) is 0.185. The summed E-state index contributed by atoms with van der Waals surface area (Å²) in [5, 5.41) is 22.8. The monoisotopic (exact) mass is 434 g/mol. The van der Waals surface area contributed by atoms with Crippen molar-refractivity contribution in [1.82, 2.24) is 10.3 Å². The Balaban J connectivity index is 1.90. The van der Waals surface area contributed by atoms with Gasteiger partial charge in [0.15, 0.2) is 0 Å². The number of carbonyl (C=O) groups is 1. The lowest BCUT2D eigenvalue weighted by Crippen LogP contribution is -2.29. The molecule has 0 aliphatic carbocycles. The third-order valence-corrected chi connectivity index (χ3v) is 5.73. The molecule has 0 spiro atoms. The number of nitrogens with zero attached hydrogens (tertiary/aromatic N) is 3. The molecule has 2 heterocycles. The van der Waals surface area contributed by atoms with Crippen molar-refractivity contribution in [3.63, 3.8) is 0 Å². The zero-order valence-corrected chi connectivity index (χ0v) is 18.4. The van der Waals surface area contributed by atoms with Crippen molar-refractivity contribution in [1.29, 1.82) is 10.5 Å². The van der Waals surface area contributed by atoms with E-state index in [1.54, 1.807) is 6.92 Å². The molecule has 0 saturated heterocycles. The number of dihydropyridines is 1. The molecule has 1 aromatic heterocycles. The number of nitriles is 2. The molecule has 0 radical (unpaired) electrons. The minimum atomic E-state index is -0.609. The molecule has 3 aromatic rings. The third kappa shape index (κ3) is 4.20. The van der Waals surface area contributed by atoms with Crippen LogP contribution in [0.4, 0.5) is 0 Å². The van der Waals surface area contributed by atoms with Crippen molar-refractivity contribution in [2.45, 2.75) is 26.2 Å². The number of hydrogen-bond acceptors (Lipinski definition) is 6. The van der Waals surface area contributed by atoms with Crippen molar-refractivity contribution in [2.75, 3.05) is 6.61 Å². The van der Waals surface area contributed by atoms with Crippen molar-refractivity contribution in [3.8, 4) is 23.3 Å². The van der Waals surface area contributed by atoms with Crippen LogP contribution in [0.5, 0.6) is 0 Å². The smallest absolute Gasteiger partial charge is 0.336 e. The number of carbonyl (C=O) groups excluding carboxylic acids is 1. The molecular weight excluding hydrogens is 412 g/mol. The second-order valence-corrected chi connectivity index (χ2v) is 7.80. The molecular formula is C27H22N4O2. The summed E-state index contributed by atoms with van der Waals surface area (Å²) in [6.45, 7) is 3.62. The molecule has 1 N–H and O–H groups in total. The fourth-order valence-corrected chi connectivity index (χ4v) is 4.20. The number of pyridine rings is 1. The molecule has 1 aliphatic rings. The van der Waals surface area contributed by atoms with Crippen molar-refractivity contribution in [3.05, 3.63) is 88.9 Å². The highest BCUT2D eigenvalue weighted by molar-refractivity contribution is 5.96. The number of rotatable bonds is 5. The van der Waals surface area contributed by atoms with Crippen LogP contribution < -0.4 is 5.32 Å². The van der Waals surface area contributed by atoms with Crippen LogP contribution in [0.25, 0.3) is 22.0 Å². The molecule has 1 atom stereocenters. The van der Waals surface area contributed by atoms with Gasteiger partial charge in [-0.3, -0.25) is 4.98 Å². The van der Waals surface area contributed by atoms with Crippen LogP contribution in [0.2, 0.25) is 0 Å². The lowest BCUT2D eigenvalue weighted by Gasteiger charge is -2.29. The van der Waals surface area contributed by atoms with Crippen LogP contribution in [-0.2, 0) is 9.53 Å². The molecule has 0 amide bonds. The van der Waals surface area contributed by atoms with Crippen LogP contribution in [-0.4, -0.2) is 17.6 Å². The molecule has 2 aromatic carbocycles. The van der Waals surface area contributed by atoms with E-state index in [2.05, 4.69) is 16.4 Å². The van der Waals surface area contributed by atoms with E-state index in [0.29, 0.717) is 22.5 Å². The zero-order chi connectivity index (χ0) is 23.4. The summed E-state index contributed by atoms with van der Waals surface area (Å²) >= 11 is 0. The normalized spacial score (nSPS) is 15.6. The van der Waals surface area contributed by atoms with E-state index in [9.17, 15) is 10.1 Å². The predicted molar refractivity (Wildman–Crippen MR) is 125 cm³/mol. The maximum absolute atomic E-state index is 13.1. The first-order valence-electron chi connectivity index (χ1n) is 10.6. The molecule has 6 nitrogen and oxygen atoms in total. The van der Waals surface area contributed by atoms with E-state index in [4.69, 9.17) is 10.00 Å². The van der Waals surface area contributed by atoms with Gasteiger partial charge in [0.05, 0.1) is 41.1 Å². The van der Waals surface area contributed by atoms with Crippen LogP contribution in [0.3, 0.4) is 0 Å². The van der Waals surface area contributed by atoms with E-state index >= 15 is 0 Å². The Hall–Kier alpha value is -4.42. The third-order valence-electron chi connectivity index (χ3n) is 5.73. The quantitative estimate of drug-likeness (QED) is 0.442. The average molecular weight is 434 g/mol. The molecule has 4 rings (SSSR count). The molecule has 162 valence electrons. The highest BCUT2D eigenvalue weighted by atomic mass is 16.5. The Kier molecular flexibility index (Phi) is 6.20. The van der Waals surface area contributed by atoms with Gasteiger partial charge in [-0.25, -0.2) is 4.79 Å². The van der Waals surface area contributed by atoms with Crippen molar-refractivity contribution >= 4 is 16.9 Å². The minimum absolute atomic E-state index is 0.00132. The molecule has 1 unspecified atom stereocenters. The summed E-state index contributed by atoms with van der Waals surface area (Å²) < 4.78 is 5.37. The number of aromatic nitrogens is 1. The van der Waals surface area contributed by atoms with Crippen molar-refractivity contribution < 1.29 is 9.53 Å². The van der Waals surface area contributed by atoms with Gasteiger partial charge in [0.2, 0.25) is 0 Å². The Morgan fingerprint density at radius 2 is 1.85 bits per heavy atom. The van der Waals surface area contributed by atoms with E-state index in [-0.39, 0.29) is 13.0 Å². The number of fused-ring (bicyclic) bond motifs is 1. The predicted octanol–water partition coefficient (Wildman–Crippen LogP) is 5.12. The highest BCUT2D eigenvalue weighted by Gasteiger charge is 2.35. The Morgan fingerprint density at radius 3 is 2.58 bits per heavy atom. The molecule has 33 heavy (non-hydrogen) atoms. The van der Waals surface area contributed by atoms with E-state index in [1.165, 1.54) is 0 Å². The van der Waals surface area contributed by atoms with E-state index in [0.717, 1.165) is 27.6 Å². The van der Waals surface area contributed by atoms with Gasteiger partial charge in [-0.2, -0.15) is 10.5 Å². The SMILES string of the molecule is CC1=C(C#N)C(c2cccc3ncc(-c4ccccc4)cc23)C(C(=O)OCCC#N)=C(C)N1. The first-order valence-corrected chi connectivity index (χ1v) is 10.6. The summed E-state index contributed by atoms with van der Waals surface area (Å²) in [4.78, 5) is 17.7. The van der Waals surface area contributed by atoms with Crippen molar-refractivity contribution in [2.24, 2.45) is 0 Å². The van der Waals surface area contributed by atoms with Crippen LogP contribution in [0.1, 0.15) is 31.7 Å². The Morgan fingerprint density at radius 1 is 1.06 bits per heavy atom. The second-order valence-electron chi connectivity index (χ2n) is 7.80. The lowest BCUT2D eigenvalue weighted by molar-refractivity contribution is -0.139. The van der Waals surface area contributed by atoms with E-state index in [1.807, 2.05) is 73.8 Å². The minimum Gasteiger partial charge on any atom is -0.461 e. The Bertz CT molecular complexity index is 1370. The van der Waals surface area contributed by atoms with Gasteiger partial charge < -0.3 is 10.1 Å². The average Bonchev–Trinajstić information content (AvgIpc) is 2.83. The molecule has 0 saturated carbocycles. The van der Waals surface area contributed by atoms with Gasteiger partial charge in [-0.15, -0.1) is 0 Å². The van der Waals surface area contributed by atoms with Gasteiger partial charge in [0, 0.05) is 28.5 Å². The Labute approximate surface area is 192 Å². The van der Waals surface area contributed by atoms with Gasteiger partial charge in [0.25, 0.3) is 0 Å². The summed E-state index contributed by atoms with van der Waals surface area (Å²) in [6, 6.07) is 22.0. The number of allylic oxidation sites excluding steroid dienone is 3. The first-order chi connectivity index (χ1) is 16.0. The topological polar surface area (TPSA) is 98.8 Å². The van der Waals surface area contributed by atoms with Gasteiger partial charge in [-0.05, 0) is 37.1 Å². The van der Waals surface area contributed by atoms with Crippen LogP contribution >= 0.6 is 0 Å². The number of ether oxygens (including phenoxy) is 1. The van der Waals surface area contributed by atoms with Gasteiger partial charge in [-0.1, -0.05) is 42.5 Å². The maximum Gasteiger partial charge on any atom is 0.336 e. The van der Waals surface area contributed by atoms with Gasteiger partial charge >= 0.3 is 5.97 Å². The number of hydrogen-bond donors (Lipinski definition) is 1. The molecule has 0 fully saturated rings. The van der Waals surface area contributed by atoms with Crippen LogP contribution in [0, 0.1) is 22.7 Å². The number of nitrogens with one attached hydrogen (secondary N) is 1. The lowest BCUT2D eigenvalue weighted by atomic mass is 9.79. The zero-order valence-electron chi connectivity index (χ0n) is 18.4.